The van der Waals surface area contributed by atoms with Gasteiger partial charge in [0.25, 0.3) is 0 Å². The summed E-state index contributed by atoms with van der Waals surface area (Å²) in [4.78, 5) is 2.78. The van der Waals surface area contributed by atoms with E-state index in [1.54, 1.807) is 0 Å². The zero-order valence-electron chi connectivity index (χ0n) is 17.4. The summed E-state index contributed by atoms with van der Waals surface area (Å²) in [6.45, 7) is 0. The Labute approximate surface area is 195 Å². The summed E-state index contributed by atoms with van der Waals surface area (Å²) in [6.07, 6.45) is 2.35. The molecule has 0 aliphatic carbocycles. The Morgan fingerprint density at radius 1 is 0.531 bits per heavy atom. The summed E-state index contributed by atoms with van der Waals surface area (Å²) < 4.78 is 2.46. The topological polar surface area (TPSA) is 3.24 Å². The Hall–Kier alpha value is -3.27. The van der Waals surface area contributed by atoms with Crippen molar-refractivity contribution in [2.75, 3.05) is 4.31 Å². The largest absolute Gasteiger partial charge is 0.288 e. The van der Waals surface area contributed by atoms with Gasteiger partial charge in [0, 0.05) is 27.1 Å². The second-order valence-corrected chi connectivity index (χ2v) is 11.0. The monoisotopic (exact) mass is 447 g/mol. The maximum atomic E-state index is 2.46. The molecule has 154 valence electrons. The third-order valence-corrected chi connectivity index (χ3v) is 9.82. The van der Waals surface area contributed by atoms with Crippen molar-refractivity contribution < 1.29 is 0 Å². The SMILES string of the molecule is C1=C(c2ccccc2)C2=S(SC(c3ccccc3)=C2c2ccccc2)N1c1ccccc1. The van der Waals surface area contributed by atoms with Crippen LogP contribution in [0.5, 0.6) is 0 Å². The molecular weight excluding hydrogens is 426 g/mol. The average Bonchev–Trinajstić information content (AvgIpc) is 3.44. The molecule has 1 unspecified atom stereocenters. The molecule has 1 atom stereocenters. The molecule has 0 aromatic heterocycles. The van der Waals surface area contributed by atoms with E-state index in [1.807, 2.05) is 10.8 Å². The van der Waals surface area contributed by atoms with Crippen molar-refractivity contribution in [1.29, 1.82) is 0 Å². The molecule has 0 saturated carbocycles. The van der Waals surface area contributed by atoms with Crippen molar-refractivity contribution >= 4 is 47.1 Å². The van der Waals surface area contributed by atoms with Gasteiger partial charge in [-0.1, -0.05) is 109 Å². The van der Waals surface area contributed by atoms with Crippen molar-refractivity contribution in [2.45, 2.75) is 0 Å². The fourth-order valence-electron chi connectivity index (χ4n) is 4.16. The zero-order valence-corrected chi connectivity index (χ0v) is 19.0. The molecule has 32 heavy (non-hydrogen) atoms. The van der Waals surface area contributed by atoms with E-state index in [0.717, 1.165) is 0 Å². The predicted molar refractivity (Wildman–Crippen MR) is 143 cm³/mol. The van der Waals surface area contributed by atoms with Gasteiger partial charge in [0.2, 0.25) is 0 Å². The Kier molecular flexibility index (Phi) is 5.06. The summed E-state index contributed by atoms with van der Waals surface area (Å²) in [7, 11) is 1.83. The van der Waals surface area contributed by atoms with Crippen LogP contribution >= 0.6 is 20.5 Å². The highest BCUT2D eigenvalue weighted by Crippen LogP contribution is 2.62. The van der Waals surface area contributed by atoms with Crippen LogP contribution in [0, 0.1) is 0 Å². The number of hydrogen-bond donors (Lipinski definition) is 0. The van der Waals surface area contributed by atoms with E-state index in [9.17, 15) is 0 Å². The second kappa shape index (κ2) is 8.34. The van der Waals surface area contributed by atoms with E-state index < -0.39 is 0 Å². The van der Waals surface area contributed by atoms with Gasteiger partial charge in [-0.25, -0.2) is 0 Å². The molecule has 2 aliphatic heterocycles. The minimum absolute atomic E-state index is 0.148. The van der Waals surface area contributed by atoms with Gasteiger partial charge in [-0.3, -0.25) is 4.31 Å². The average molecular weight is 448 g/mol. The van der Waals surface area contributed by atoms with Crippen molar-refractivity contribution in [3.05, 3.63) is 144 Å². The molecule has 0 bridgehead atoms. The van der Waals surface area contributed by atoms with Crippen LogP contribution in [0.4, 0.5) is 5.69 Å². The zero-order chi connectivity index (χ0) is 21.3. The molecule has 0 fully saturated rings. The molecule has 3 heteroatoms. The summed E-state index contributed by atoms with van der Waals surface area (Å²) in [5, 5.41) is 0. The molecule has 0 spiro atoms. The number of anilines is 1. The van der Waals surface area contributed by atoms with Crippen molar-refractivity contribution in [1.82, 2.24) is 0 Å². The first-order valence-electron chi connectivity index (χ1n) is 10.7. The van der Waals surface area contributed by atoms with Crippen LogP contribution < -0.4 is 4.31 Å². The molecule has 0 radical (unpaired) electrons. The van der Waals surface area contributed by atoms with Crippen molar-refractivity contribution in [2.24, 2.45) is 0 Å². The molecule has 4 aromatic carbocycles. The second-order valence-electron chi connectivity index (χ2n) is 7.67. The van der Waals surface area contributed by atoms with Crippen LogP contribution in [0.3, 0.4) is 0 Å². The van der Waals surface area contributed by atoms with Gasteiger partial charge < -0.3 is 0 Å². The lowest BCUT2D eigenvalue weighted by Crippen LogP contribution is -2.03. The summed E-state index contributed by atoms with van der Waals surface area (Å²) >= 11 is 0. The highest BCUT2D eigenvalue weighted by Gasteiger charge is 2.36. The van der Waals surface area contributed by atoms with Gasteiger partial charge in [0.05, 0.1) is 5.69 Å². The van der Waals surface area contributed by atoms with Gasteiger partial charge in [0.15, 0.2) is 0 Å². The highest BCUT2D eigenvalue weighted by molar-refractivity contribution is 8.88. The van der Waals surface area contributed by atoms with Crippen LogP contribution in [-0.4, -0.2) is 4.86 Å². The minimum Gasteiger partial charge on any atom is -0.288 e. The van der Waals surface area contributed by atoms with Gasteiger partial charge in [-0.2, -0.15) is 0 Å². The van der Waals surface area contributed by atoms with Gasteiger partial charge in [0.1, 0.15) is 0 Å². The van der Waals surface area contributed by atoms with E-state index in [-0.39, 0.29) is 9.70 Å². The van der Waals surface area contributed by atoms with Crippen molar-refractivity contribution in [3.63, 3.8) is 0 Å². The third kappa shape index (κ3) is 3.35. The molecule has 0 saturated heterocycles. The smallest absolute Gasteiger partial charge is 0.0521 e. The first kappa shape index (κ1) is 19.4. The summed E-state index contributed by atoms with van der Waals surface area (Å²) in [6, 6.07) is 43.2. The number of benzene rings is 4. The van der Waals surface area contributed by atoms with Crippen LogP contribution in [0.1, 0.15) is 16.7 Å². The summed E-state index contributed by atoms with van der Waals surface area (Å²) in [5.74, 6) is 0. The highest BCUT2D eigenvalue weighted by atomic mass is 33.1. The Morgan fingerprint density at radius 2 is 1.03 bits per heavy atom. The van der Waals surface area contributed by atoms with Crippen LogP contribution in [-0.2, 0) is 0 Å². The molecule has 2 heterocycles. The van der Waals surface area contributed by atoms with E-state index in [1.165, 1.54) is 43.3 Å². The fourth-order valence-corrected chi connectivity index (χ4v) is 8.96. The molecule has 0 N–H and O–H groups in total. The number of para-hydroxylation sites is 1. The van der Waals surface area contributed by atoms with Crippen LogP contribution in [0.2, 0.25) is 0 Å². The number of rotatable bonds is 4. The molecule has 2 aliphatic rings. The number of nitrogens with zero attached hydrogens (tertiary/aromatic N) is 1. The Bertz CT molecular complexity index is 1360. The first-order valence-corrected chi connectivity index (χ1v) is 13.2. The van der Waals surface area contributed by atoms with E-state index in [4.69, 9.17) is 0 Å². The normalized spacial score (nSPS) is 17.5. The number of allylic oxidation sites excluding steroid dienone is 2. The maximum Gasteiger partial charge on any atom is 0.0521 e. The van der Waals surface area contributed by atoms with Crippen molar-refractivity contribution in [3.8, 4) is 0 Å². The quantitative estimate of drug-likeness (QED) is 0.229. The summed E-state index contributed by atoms with van der Waals surface area (Å²) in [5.41, 5.74) is 7.73. The van der Waals surface area contributed by atoms with Crippen LogP contribution in [0.15, 0.2) is 128 Å². The predicted octanol–water partition coefficient (Wildman–Crippen LogP) is 8.13. The van der Waals surface area contributed by atoms with E-state index in [2.05, 4.69) is 132 Å². The van der Waals surface area contributed by atoms with Crippen LogP contribution in [0.25, 0.3) is 16.1 Å². The van der Waals surface area contributed by atoms with Gasteiger partial charge in [-0.05, 0) is 49.3 Å². The van der Waals surface area contributed by atoms with E-state index in [0.29, 0.717) is 0 Å². The number of hydrogen-bond acceptors (Lipinski definition) is 2. The standard InChI is InChI=1S/C29H21NS2/c1-5-13-22(14-6-1)26-21-30(25-19-11-4-12-20-25)32-29(26)27(23-15-7-2-8-16-23)28(31-32)24-17-9-3-10-18-24/h1-21H. The van der Waals surface area contributed by atoms with E-state index >= 15 is 0 Å². The third-order valence-electron chi connectivity index (χ3n) is 5.65. The Balaban J connectivity index is 1.60. The lowest BCUT2D eigenvalue weighted by molar-refractivity contribution is 1.46. The van der Waals surface area contributed by atoms with Gasteiger partial charge in [-0.15, -0.1) is 0 Å². The minimum atomic E-state index is -0.148. The maximum absolute atomic E-state index is 2.46. The molecule has 4 aromatic rings. The molecule has 6 rings (SSSR count). The van der Waals surface area contributed by atoms with Gasteiger partial charge >= 0.3 is 0 Å². The molecule has 1 nitrogen and oxygen atoms in total. The lowest BCUT2D eigenvalue weighted by Gasteiger charge is -2.20. The molecule has 0 amide bonds. The Morgan fingerprint density at radius 3 is 1.62 bits per heavy atom. The lowest BCUT2D eigenvalue weighted by atomic mass is 9.92. The first-order chi connectivity index (χ1) is 15.9. The molecular formula is C29H21NS2. The fraction of sp³-hybridized carbons (Fsp3) is 0.